The van der Waals surface area contributed by atoms with E-state index in [0.717, 1.165) is 10.9 Å². The summed E-state index contributed by atoms with van der Waals surface area (Å²) in [7, 11) is 1.70. The Labute approximate surface area is 162 Å². The number of carbonyl (C=O) groups excluding carboxylic acids is 1. The van der Waals surface area contributed by atoms with Crippen molar-refractivity contribution in [3.63, 3.8) is 0 Å². The molecular weight excluding hydrogens is 362 g/mol. The third-order valence-corrected chi connectivity index (χ3v) is 4.43. The maximum Gasteiger partial charge on any atom is 0.275 e. The fraction of sp³-hybridized carbons (Fsp3) is 0.350. The van der Waals surface area contributed by atoms with E-state index in [1.165, 1.54) is 6.26 Å². The number of pyridine rings is 1. The van der Waals surface area contributed by atoms with Crippen LogP contribution >= 0.6 is 0 Å². The number of likely N-dealkylation sites (N-methyl/N-ethyl adjacent to an activating group) is 1. The minimum absolute atomic E-state index is 0.103. The van der Waals surface area contributed by atoms with Crippen LogP contribution < -0.4 is 4.74 Å². The third kappa shape index (κ3) is 4.13. The number of hydrogen-bond donors (Lipinski definition) is 0. The van der Waals surface area contributed by atoms with Gasteiger partial charge in [-0.3, -0.25) is 9.78 Å². The Hall–Kier alpha value is -2.97. The van der Waals surface area contributed by atoms with Gasteiger partial charge in [-0.05, 0) is 12.1 Å². The Morgan fingerprint density at radius 1 is 1.29 bits per heavy atom. The van der Waals surface area contributed by atoms with Crippen LogP contribution in [0.2, 0.25) is 0 Å². The normalized spacial score (nSPS) is 16.8. The van der Waals surface area contributed by atoms with Crippen LogP contribution in [0.15, 0.2) is 47.2 Å². The molecule has 0 bridgehead atoms. The van der Waals surface area contributed by atoms with Gasteiger partial charge in [-0.1, -0.05) is 18.2 Å². The van der Waals surface area contributed by atoms with Gasteiger partial charge in [0.15, 0.2) is 12.3 Å². The van der Waals surface area contributed by atoms with E-state index in [9.17, 15) is 4.79 Å². The lowest BCUT2D eigenvalue weighted by atomic mass is 10.2. The highest BCUT2D eigenvalue weighted by atomic mass is 16.6. The molecule has 1 fully saturated rings. The fourth-order valence-corrected chi connectivity index (χ4v) is 3.03. The topological polar surface area (TPSA) is 86.9 Å². The predicted molar refractivity (Wildman–Crippen MR) is 100 cm³/mol. The minimum atomic E-state index is -0.240. The molecule has 0 radical (unpaired) electrons. The number of carbonyl (C=O) groups is 1. The van der Waals surface area contributed by atoms with Gasteiger partial charge in [0.25, 0.3) is 5.91 Å². The quantitative estimate of drug-likeness (QED) is 0.645. The van der Waals surface area contributed by atoms with E-state index in [1.807, 2.05) is 30.3 Å². The van der Waals surface area contributed by atoms with Gasteiger partial charge in [-0.25, -0.2) is 4.98 Å². The zero-order valence-corrected chi connectivity index (χ0v) is 15.5. The number of ether oxygens (including phenoxy) is 3. The van der Waals surface area contributed by atoms with Crippen molar-refractivity contribution in [1.29, 1.82) is 0 Å². The molecular formula is C20H21N3O5. The van der Waals surface area contributed by atoms with Crippen molar-refractivity contribution in [1.82, 2.24) is 14.9 Å². The summed E-state index contributed by atoms with van der Waals surface area (Å²) >= 11 is 0. The van der Waals surface area contributed by atoms with E-state index in [2.05, 4.69) is 9.97 Å². The number of fused-ring (bicyclic) bond motifs is 1. The summed E-state index contributed by atoms with van der Waals surface area (Å²) < 4.78 is 22.1. The summed E-state index contributed by atoms with van der Waals surface area (Å²) in [6, 6.07) is 9.54. The average Bonchev–Trinajstić information content (AvgIpc) is 3.21. The second-order valence-corrected chi connectivity index (χ2v) is 6.50. The second kappa shape index (κ2) is 8.37. The summed E-state index contributed by atoms with van der Waals surface area (Å²) in [5.41, 5.74) is 0.996. The van der Waals surface area contributed by atoms with Crippen molar-refractivity contribution in [3.05, 3.63) is 54.4 Å². The molecule has 4 rings (SSSR count). The molecule has 1 saturated heterocycles. The zero-order valence-electron chi connectivity index (χ0n) is 15.5. The van der Waals surface area contributed by atoms with Crippen LogP contribution in [0.3, 0.4) is 0 Å². The van der Waals surface area contributed by atoms with Crippen molar-refractivity contribution >= 4 is 16.8 Å². The molecule has 0 spiro atoms. The highest BCUT2D eigenvalue weighted by molar-refractivity contribution is 5.91. The molecule has 0 aliphatic carbocycles. The minimum Gasteiger partial charge on any atom is -0.482 e. The van der Waals surface area contributed by atoms with Gasteiger partial charge in [0, 0.05) is 25.2 Å². The van der Waals surface area contributed by atoms with Gasteiger partial charge in [-0.2, -0.15) is 0 Å². The maximum absolute atomic E-state index is 12.5. The van der Waals surface area contributed by atoms with Crippen LogP contribution in [-0.4, -0.2) is 60.3 Å². The van der Waals surface area contributed by atoms with Crippen LogP contribution in [0.1, 0.15) is 16.4 Å². The zero-order chi connectivity index (χ0) is 19.3. The SMILES string of the molecule is CN(C[C@H]1COCCO1)C(=O)c1coc(COc2cccc3cccnc23)n1. The van der Waals surface area contributed by atoms with Crippen molar-refractivity contribution in [2.75, 3.05) is 33.4 Å². The molecule has 1 aromatic carbocycles. The molecule has 0 saturated carbocycles. The average molecular weight is 383 g/mol. The van der Waals surface area contributed by atoms with Gasteiger partial charge < -0.3 is 23.5 Å². The third-order valence-electron chi connectivity index (χ3n) is 4.43. The predicted octanol–water partition coefficient (Wildman–Crippen LogP) is 2.29. The highest BCUT2D eigenvalue weighted by Gasteiger charge is 2.22. The van der Waals surface area contributed by atoms with E-state index in [4.69, 9.17) is 18.6 Å². The Morgan fingerprint density at radius 3 is 3.04 bits per heavy atom. The Kier molecular flexibility index (Phi) is 5.50. The van der Waals surface area contributed by atoms with Crippen molar-refractivity contribution in [2.45, 2.75) is 12.7 Å². The summed E-state index contributed by atoms with van der Waals surface area (Å²) in [5.74, 6) is 0.716. The molecule has 8 nitrogen and oxygen atoms in total. The number of rotatable bonds is 6. The van der Waals surface area contributed by atoms with Crippen LogP contribution in [0.5, 0.6) is 5.75 Å². The first kappa shape index (κ1) is 18.4. The molecule has 0 N–H and O–H groups in total. The molecule has 3 heterocycles. The first-order valence-corrected chi connectivity index (χ1v) is 9.06. The lowest BCUT2D eigenvalue weighted by Gasteiger charge is -2.27. The van der Waals surface area contributed by atoms with Gasteiger partial charge in [0.05, 0.1) is 25.9 Å². The van der Waals surface area contributed by atoms with E-state index in [0.29, 0.717) is 38.0 Å². The van der Waals surface area contributed by atoms with Crippen LogP contribution in [0.25, 0.3) is 10.9 Å². The lowest BCUT2D eigenvalue weighted by molar-refractivity contribution is -0.0933. The summed E-state index contributed by atoms with van der Waals surface area (Å²) in [6.07, 6.45) is 2.93. The molecule has 2 aromatic heterocycles. The first-order valence-electron chi connectivity index (χ1n) is 9.06. The monoisotopic (exact) mass is 383 g/mol. The van der Waals surface area contributed by atoms with E-state index in [-0.39, 0.29) is 24.3 Å². The maximum atomic E-state index is 12.5. The number of aromatic nitrogens is 2. The first-order chi connectivity index (χ1) is 13.7. The fourth-order valence-electron chi connectivity index (χ4n) is 3.03. The van der Waals surface area contributed by atoms with Gasteiger partial charge in [0.2, 0.25) is 5.89 Å². The molecule has 8 heteroatoms. The molecule has 1 aliphatic heterocycles. The lowest BCUT2D eigenvalue weighted by Crippen LogP contribution is -2.40. The highest BCUT2D eigenvalue weighted by Crippen LogP contribution is 2.23. The Bertz CT molecular complexity index is 946. The van der Waals surface area contributed by atoms with Crippen LogP contribution in [-0.2, 0) is 16.1 Å². The molecule has 1 aliphatic rings. The van der Waals surface area contributed by atoms with Gasteiger partial charge >= 0.3 is 0 Å². The second-order valence-electron chi connectivity index (χ2n) is 6.50. The number of nitrogens with zero attached hydrogens (tertiary/aromatic N) is 3. The summed E-state index contributed by atoms with van der Waals surface area (Å²) in [6.45, 7) is 2.15. The van der Waals surface area contributed by atoms with E-state index >= 15 is 0 Å². The molecule has 28 heavy (non-hydrogen) atoms. The van der Waals surface area contributed by atoms with Crippen molar-refractivity contribution < 1.29 is 23.4 Å². The smallest absolute Gasteiger partial charge is 0.275 e. The van der Waals surface area contributed by atoms with Gasteiger partial charge in [-0.15, -0.1) is 0 Å². The number of para-hydroxylation sites is 1. The molecule has 146 valence electrons. The van der Waals surface area contributed by atoms with Crippen LogP contribution in [0, 0.1) is 0 Å². The van der Waals surface area contributed by atoms with Crippen molar-refractivity contribution in [2.24, 2.45) is 0 Å². The summed E-state index contributed by atoms with van der Waals surface area (Å²) in [5, 5.41) is 0.985. The van der Waals surface area contributed by atoms with E-state index in [1.54, 1.807) is 18.1 Å². The molecule has 3 aromatic rings. The molecule has 1 amide bonds. The molecule has 0 unspecified atom stereocenters. The number of benzene rings is 1. The van der Waals surface area contributed by atoms with Crippen molar-refractivity contribution in [3.8, 4) is 5.75 Å². The number of amides is 1. The van der Waals surface area contributed by atoms with E-state index < -0.39 is 0 Å². The van der Waals surface area contributed by atoms with Crippen LogP contribution in [0.4, 0.5) is 0 Å². The Balaban J connectivity index is 1.37. The largest absolute Gasteiger partial charge is 0.482 e. The standard InChI is InChI=1S/C20H21N3O5/c1-23(10-15-11-25-8-9-26-15)20(24)16-12-28-18(22-16)13-27-17-6-2-4-14-5-3-7-21-19(14)17/h2-7,12,15H,8-11,13H2,1H3/t15-/m0/s1. The summed E-state index contributed by atoms with van der Waals surface area (Å²) in [4.78, 5) is 22.7. The number of oxazole rings is 1. The van der Waals surface area contributed by atoms with Gasteiger partial charge in [0.1, 0.15) is 17.5 Å². The molecule has 1 atom stereocenters. The Morgan fingerprint density at radius 2 is 2.18 bits per heavy atom. The number of hydrogen-bond acceptors (Lipinski definition) is 7.